The van der Waals surface area contributed by atoms with Crippen molar-refractivity contribution in [2.75, 3.05) is 59.3 Å². The Bertz CT molecular complexity index is 1030. The average molecular weight is 884 g/mol. The molecule has 0 fully saturated rings. The molecule has 364 valence electrons. The van der Waals surface area contributed by atoms with Crippen LogP contribution in [0.3, 0.4) is 0 Å². The Balaban J connectivity index is 4.72. The van der Waals surface area contributed by atoms with Gasteiger partial charge in [0.15, 0.2) is 0 Å². The molecule has 0 aliphatic heterocycles. The minimum atomic E-state index is -0.823. The zero-order valence-electron chi connectivity index (χ0n) is 40.6. The van der Waals surface area contributed by atoms with Crippen molar-refractivity contribution in [2.45, 2.75) is 215 Å². The first-order valence-electron chi connectivity index (χ1n) is 25.3. The molecule has 0 saturated carbocycles. The fraction of sp³-hybridized carbons (Fsp3) is 0.900. The number of rotatable bonds is 44. The van der Waals surface area contributed by atoms with E-state index in [9.17, 15) is 24.0 Å². The molecule has 0 aromatic heterocycles. The van der Waals surface area contributed by atoms with Gasteiger partial charge in [-0.05, 0) is 82.7 Å². The van der Waals surface area contributed by atoms with Crippen molar-refractivity contribution in [1.29, 1.82) is 0 Å². The van der Waals surface area contributed by atoms with Crippen LogP contribution in [0, 0.1) is 17.8 Å². The lowest BCUT2D eigenvalue weighted by Crippen LogP contribution is -2.27. The predicted molar refractivity (Wildman–Crippen MR) is 247 cm³/mol. The Kier molecular flexibility index (Phi) is 41.3. The van der Waals surface area contributed by atoms with Gasteiger partial charge in [-0.1, -0.05) is 131 Å². The van der Waals surface area contributed by atoms with Crippen molar-refractivity contribution in [3.05, 3.63) is 0 Å². The highest BCUT2D eigenvalue weighted by Gasteiger charge is 2.19. The Morgan fingerprint density at radius 2 is 0.694 bits per heavy atom. The van der Waals surface area contributed by atoms with E-state index >= 15 is 0 Å². The third-order valence-electron chi connectivity index (χ3n) is 11.5. The molecule has 0 saturated heterocycles. The summed E-state index contributed by atoms with van der Waals surface area (Å²) in [5, 5.41) is 0. The summed E-state index contributed by atoms with van der Waals surface area (Å²) in [6.45, 7) is 16.5. The summed E-state index contributed by atoms with van der Waals surface area (Å²) in [7, 11) is 0. The number of ether oxygens (including phenoxy) is 6. The van der Waals surface area contributed by atoms with Gasteiger partial charge >= 0.3 is 30.0 Å². The molecular formula is C50H93NO11. The van der Waals surface area contributed by atoms with Gasteiger partial charge in [-0.25, -0.2) is 4.79 Å². The molecule has 0 aliphatic rings. The Morgan fingerprint density at radius 3 is 1.06 bits per heavy atom. The lowest BCUT2D eigenvalue weighted by molar-refractivity contribution is -0.150. The standard InChI is InChI=1S/C50H93NO11/c1-7-13-17-21-30-43(28-15-9-3)38-58-46(52)32-23-19-25-34-48(54)60-40-45(42-62-50(56)57-37-27-36-51(11-5)12-6)41-61-49(55)35-26-20-24-33-47(53)59-39-44(29-16-10-4)31-22-18-14-8-2/h43-45H,7-42H2,1-6H3. The van der Waals surface area contributed by atoms with Gasteiger partial charge in [0.1, 0.15) is 19.8 Å². The van der Waals surface area contributed by atoms with Crippen LogP contribution in [0.15, 0.2) is 0 Å². The molecule has 0 rings (SSSR count). The van der Waals surface area contributed by atoms with Crippen LogP contribution >= 0.6 is 0 Å². The number of hydrogen-bond acceptors (Lipinski definition) is 12. The summed E-state index contributed by atoms with van der Waals surface area (Å²) in [6, 6.07) is 0. The molecule has 2 atom stereocenters. The van der Waals surface area contributed by atoms with Crippen LogP contribution in [0.2, 0.25) is 0 Å². The van der Waals surface area contributed by atoms with Crippen LogP contribution in [0.5, 0.6) is 0 Å². The van der Waals surface area contributed by atoms with Crippen molar-refractivity contribution in [3.63, 3.8) is 0 Å². The second kappa shape index (κ2) is 43.4. The minimum absolute atomic E-state index is 0.0918. The summed E-state index contributed by atoms with van der Waals surface area (Å²) in [5.41, 5.74) is 0. The largest absolute Gasteiger partial charge is 0.508 e. The van der Waals surface area contributed by atoms with E-state index in [0.29, 0.717) is 82.8 Å². The number of carbonyl (C=O) groups is 5. The lowest BCUT2D eigenvalue weighted by atomic mass is 9.96. The van der Waals surface area contributed by atoms with E-state index in [0.717, 1.165) is 71.0 Å². The van der Waals surface area contributed by atoms with Crippen molar-refractivity contribution in [1.82, 2.24) is 4.90 Å². The van der Waals surface area contributed by atoms with Gasteiger partial charge in [-0.2, -0.15) is 0 Å². The Morgan fingerprint density at radius 1 is 0.355 bits per heavy atom. The van der Waals surface area contributed by atoms with E-state index in [-0.39, 0.29) is 51.2 Å². The fourth-order valence-electron chi connectivity index (χ4n) is 7.25. The number of unbranched alkanes of at least 4 members (excludes halogenated alkanes) is 12. The van der Waals surface area contributed by atoms with Crippen molar-refractivity contribution >= 4 is 30.0 Å². The maximum absolute atomic E-state index is 12.6. The van der Waals surface area contributed by atoms with Gasteiger partial charge in [0.2, 0.25) is 0 Å². The van der Waals surface area contributed by atoms with Crippen LogP contribution in [0.4, 0.5) is 4.79 Å². The highest BCUT2D eigenvalue weighted by Crippen LogP contribution is 2.20. The number of hydrogen-bond donors (Lipinski definition) is 0. The summed E-state index contributed by atoms with van der Waals surface area (Å²) in [5.74, 6) is -0.912. The summed E-state index contributed by atoms with van der Waals surface area (Å²) in [6.07, 6.45) is 23.3. The van der Waals surface area contributed by atoms with Crippen molar-refractivity contribution in [3.8, 4) is 0 Å². The van der Waals surface area contributed by atoms with E-state index in [1.165, 1.54) is 51.4 Å². The zero-order chi connectivity index (χ0) is 45.9. The van der Waals surface area contributed by atoms with E-state index < -0.39 is 24.0 Å². The topological polar surface area (TPSA) is 144 Å². The molecule has 0 amide bonds. The molecule has 0 aliphatic carbocycles. The van der Waals surface area contributed by atoms with Crippen LogP contribution in [-0.2, 0) is 47.6 Å². The van der Waals surface area contributed by atoms with Crippen molar-refractivity contribution in [2.24, 2.45) is 17.8 Å². The van der Waals surface area contributed by atoms with Gasteiger partial charge in [0.25, 0.3) is 0 Å². The third-order valence-corrected chi connectivity index (χ3v) is 11.5. The molecule has 62 heavy (non-hydrogen) atoms. The lowest BCUT2D eigenvalue weighted by Gasteiger charge is -2.18. The molecule has 12 nitrogen and oxygen atoms in total. The Hall–Kier alpha value is -2.89. The van der Waals surface area contributed by atoms with E-state index in [2.05, 4.69) is 46.4 Å². The van der Waals surface area contributed by atoms with Gasteiger partial charge in [-0.3, -0.25) is 19.2 Å². The molecule has 0 N–H and O–H groups in total. The first-order valence-corrected chi connectivity index (χ1v) is 25.3. The molecule has 0 spiro atoms. The number of carbonyl (C=O) groups excluding carboxylic acids is 5. The minimum Gasteiger partial charge on any atom is -0.465 e. The summed E-state index contributed by atoms with van der Waals surface area (Å²) < 4.78 is 32.8. The maximum atomic E-state index is 12.6. The first kappa shape index (κ1) is 59.1. The fourth-order valence-corrected chi connectivity index (χ4v) is 7.25. The SMILES string of the molecule is CCCCCCC(CCCC)COC(=O)CCCCCC(=O)OCC(COC(=O)CCCCCC(=O)OCC(CCCC)CCCCCC)COC(=O)OCCCN(CC)CC. The third kappa shape index (κ3) is 37.6. The van der Waals surface area contributed by atoms with Crippen LogP contribution in [0.1, 0.15) is 215 Å². The molecule has 2 unspecified atom stereocenters. The van der Waals surface area contributed by atoms with Crippen LogP contribution in [-0.4, -0.2) is 94.2 Å². The Labute approximate surface area is 378 Å². The molecule has 0 aromatic rings. The molecular weight excluding hydrogens is 791 g/mol. The maximum Gasteiger partial charge on any atom is 0.508 e. The second-order valence-corrected chi connectivity index (χ2v) is 17.2. The quantitative estimate of drug-likeness (QED) is 0.0326. The van der Waals surface area contributed by atoms with Crippen molar-refractivity contribution < 1.29 is 52.4 Å². The van der Waals surface area contributed by atoms with Gasteiger partial charge in [0, 0.05) is 32.2 Å². The molecule has 12 heteroatoms. The van der Waals surface area contributed by atoms with E-state index in [1.807, 2.05) is 0 Å². The van der Waals surface area contributed by atoms with Gasteiger partial charge in [0.05, 0.1) is 25.7 Å². The molecule has 0 heterocycles. The monoisotopic (exact) mass is 884 g/mol. The van der Waals surface area contributed by atoms with E-state index in [4.69, 9.17) is 28.4 Å². The number of esters is 4. The van der Waals surface area contributed by atoms with Gasteiger partial charge in [-0.15, -0.1) is 0 Å². The molecule has 0 radical (unpaired) electrons. The smallest absolute Gasteiger partial charge is 0.465 e. The normalized spacial score (nSPS) is 12.7. The first-order chi connectivity index (χ1) is 30.1. The average Bonchev–Trinajstić information content (AvgIpc) is 3.27. The molecule has 0 bridgehead atoms. The highest BCUT2D eigenvalue weighted by atomic mass is 16.7. The summed E-state index contributed by atoms with van der Waals surface area (Å²) >= 11 is 0. The highest BCUT2D eigenvalue weighted by molar-refractivity contribution is 5.70. The number of nitrogens with zero attached hydrogens (tertiary/aromatic N) is 1. The van der Waals surface area contributed by atoms with Gasteiger partial charge < -0.3 is 33.3 Å². The van der Waals surface area contributed by atoms with E-state index in [1.54, 1.807) is 0 Å². The summed E-state index contributed by atoms with van der Waals surface area (Å²) in [4.78, 5) is 64.7. The van der Waals surface area contributed by atoms with Crippen LogP contribution in [0.25, 0.3) is 0 Å². The molecule has 0 aromatic carbocycles. The predicted octanol–water partition coefficient (Wildman–Crippen LogP) is 12.1. The van der Waals surface area contributed by atoms with Crippen LogP contribution < -0.4 is 0 Å². The zero-order valence-corrected chi connectivity index (χ0v) is 40.6. The second-order valence-electron chi connectivity index (χ2n) is 17.2.